The third-order valence-corrected chi connectivity index (χ3v) is 5.64. The molecular formula is C26H28N4O6. The van der Waals surface area contributed by atoms with Crippen molar-refractivity contribution in [2.75, 3.05) is 13.1 Å². The van der Waals surface area contributed by atoms with Crippen molar-refractivity contribution in [3.05, 3.63) is 71.5 Å². The van der Waals surface area contributed by atoms with Gasteiger partial charge in [-0.1, -0.05) is 36.4 Å². The number of hydrogen-bond acceptors (Lipinski definition) is 7. The predicted molar refractivity (Wildman–Crippen MR) is 132 cm³/mol. The number of amides is 2. The number of fused-ring (bicyclic) bond motifs is 1. The Morgan fingerprint density at radius 3 is 2.69 bits per heavy atom. The van der Waals surface area contributed by atoms with E-state index in [1.807, 2.05) is 30.3 Å². The van der Waals surface area contributed by atoms with Gasteiger partial charge >= 0.3 is 12.1 Å². The predicted octanol–water partition coefficient (Wildman–Crippen LogP) is 2.75. The summed E-state index contributed by atoms with van der Waals surface area (Å²) in [6.07, 6.45) is 0.914. The molecule has 1 aromatic heterocycles. The first-order valence-electron chi connectivity index (χ1n) is 11.8. The van der Waals surface area contributed by atoms with Gasteiger partial charge in [0.05, 0.1) is 0 Å². The molecule has 0 saturated carbocycles. The molecule has 1 unspecified atom stereocenters. The summed E-state index contributed by atoms with van der Waals surface area (Å²) in [6.45, 7) is 1.54. The van der Waals surface area contributed by atoms with E-state index in [4.69, 9.17) is 9.15 Å². The molecule has 4 rings (SSSR count). The van der Waals surface area contributed by atoms with Crippen LogP contribution in [0.25, 0.3) is 11.0 Å². The maximum absolute atomic E-state index is 12.2. The number of carboxylic acids is 1. The zero-order chi connectivity index (χ0) is 25.3. The van der Waals surface area contributed by atoms with Crippen LogP contribution in [-0.2, 0) is 33.8 Å². The lowest BCUT2D eigenvalue weighted by Crippen LogP contribution is -2.43. The van der Waals surface area contributed by atoms with Gasteiger partial charge in [0.15, 0.2) is 5.96 Å². The van der Waals surface area contributed by atoms with Crippen molar-refractivity contribution in [3.8, 4) is 0 Å². The fourth-order valence-electron chi connectivity index (χ4n) is 3.78. The maximum atomic E-state index is 12.2. The minimum Gasteiger partial charge on any atom is -0.480 e. The Kier molecular flexibility index (Phi) is 8.17. The van der Waals surface area contributed by atoms with E-state index in [0.29, 0.717) is 36.7 Å². The van der Waals surface area contributed by atoms with Crippen molar-refractivity contribution in [2.24, 2.45) is 4.99 Å². The monoisotopic (exact) mass is 492 g/mol. The third kappa shape index (κ3) is 7.08. The highest BCUT2D eigenvalue weighted by atomic mass is 16.5. The van der Waals surface area contributed by atoms with Gasteiger partial charge in [-0.2, -0.15) is 0 Å². The van der Waals surface area contributed by atoms with Crippen molar-refractivity contribution in [1.82, 2.24) is 16.0 Å². The lowest BCUT2D eigenvalue weighted by molar-refractivity contribution is -0.139. The molecule has 3 aromatic rings. The SMILES string of the molecule is O=C(CCc1ccc2oc(CC(NC(=O)OCc3ccccc3)C(=O)O)cc2c1)NC1=NCCCN1. The van der Waals surface area contributed by atoms with Gasteiger partial charge in [-0.25, -0.2) is 9.59 Å². The highest BCUT2D eigenvalue weighted by Crippen LogP contribution is 2.22. The van der Waals surface area contributed by atoms with Crippen molar-refractivity contribution in [3.63, 3.8) is 0 Å². The van der Waals surface area contributed by atoms with Gasteiger partial charge < -0.3 is 24.9 Å². The van der Waals surface area contributed by atoms with E-state index in [9.17, 15) is 19.5 Å². The second kappa shape index (κ2) is 11.9. The molecule has 0 saturated heterocycles. The molecule has 36 heavy (non-hydrogen) atoms. The topological polar surface area (TPSA) is 142 Å². The van der Waals surface area contributed by atoms with Crippen LogP contribution >= 0.6 is 0 Å². The summed E-state index contributed by atoms with van der Waals surface area (Å²) < 4.78 is 10.9. The van der Waals surface area contributed by atoms with Crippen LogP contribution in [-0.4, -0.2) is 48.2 Å². The Bertz CT molecular complexity index is 1250. The van der Waals surface area contributed by atoms with Crippen LogP contribution in [0.5, 0.6) is 0 Å². The lowest BCUT2D eigenvalue weighted by atomic mass is 10.1. The number of guanidine groups is 1. The Hall–Kier alpha value is -4.34. The van der Waals surface area contributed by atoms with Crippen LogP contribution in [0.4, 0.5) is 4.79 Å². The van der Waals surface area contributed by atoms with Gasteiger partial charge in [-0.05, 0) is 42.2 Å². The fraction of sp³-hybridized carbons (Fsp3) is 0.308. The number of hydrogen-bond donors (Lipinski definition) is 4. The number of nitrogens with one attached hydrogen (secondary N) is 3. The molecular weight excluding hydrogens is 464 g/mol. The molecule has 2 aromatic carbocycles. The number of carboxylic acid groups (broad SMARTS) is 1. The molecule has 188 valence electrons. The number of rotatable bonds is 9. The van der Waals surface area contributed by atoms with Gasteiger partial charge in [0.25, 0.3) is 0 Å². The van der Waals surface area contributed by atoms with Gasteiger partial charge in [0, 0.05) is 31.3 Å². The number of benzene rings is 2. The van der Waals surface area contributed by atoms with Crippen molar-refractivity contribution in [1.29, 1.82) is 0 Å². The van der Waals surface area contributed by atoms with E-state index in [-0.39, 0.29) is 18.9 Å². The van der Waals surface area contributed by atoms with Gasteiger partial charge in [-0.3, -0.25) is 15.1 Å². The van der Waals surface area contributed by atoms with Crippen LogP contribution in [0, 0.1) is 0 Å². The Morgan fingerprint density at radius 1 is 1.11 bits per heavy atom. The number of aryl methyl sites for hydroxylation is 1. The van der Waals surface area contributed by atoms with E-state index in [2.05, 4.69) is 20.9 Å². The van der Waals surface area contributed by atoms with E-state index in [1.165, 1.54) is 0 Å². The number of aliphatic carboxylic acids is 1. The van der Waals surface area contributed by atoms with Gasteiger partial charge in [-0.15, -0.1) is 0 Å². The quantitative estimate of drug-likeness (QED) is 0.360. The molecule has 0 radical (unpaired) electrons. The molecule has 1 aliphatic heterocycles. The molecule has 1 atom stereocenters. The Morgan fingerprint density at radius 2 is 1.94 bits per heavy atom. The number of nitrogens with zero attached hydrogens (tertiary/aromatic N) is 1. The normalized spacial score (nSPS) is 13.8. The van der Waals surface area contributed by atoms with Crippen LogP contribution < -0.4 is 16.0 Å². The van der Waals surface area contributed by atoms with Gasteiger partial charge in [0.2, 0.25) is 5.91 Å². The summed E-state index contributed by atoms with van der Waals surface area (Å²) in [5, 5.41) is 18.6. The molecule has 4 N–H and O–H groups in total. The first-order chi connectivity index (χ1) is 17.5. The largest absolute Gasteiger partial charge is 0.480 e. The van der Waals surface area contributed by atoms with Crippen LogP contribution in [0.2, 0.25) is 0 Å². The summed E-state index contributed by atoms with van der Waals surface area (Å²) in [7, 11) is 0. The summed E-state index contributed by atoms with van der Waals surface area (Å²) in [5.74, 6) is -0.384. The molecule has 2 amide bonds. The fourth-order valence-corrected chi connectivity index (χ4v) is 3.78. The zero-order valence-corrected chi connectivity index (χ0v) is 19.7. The summed E-state index contributed by atoms with van der Waals surface area (Å²) in [5.41, 5.74) is 2.33. The van der Waals surface area contributed by atoms with Crippen LogP contribution in [0.3, 0.4) is 0 Å². The van der Waals surface area contributed by atoms with Gasteiger partial charge in [0.1, 0.15) is 24.0 Å². The first-order valence-corrected chi connectivity index (χ1v) is 11.8. The number of alkyl carbamates (subject to hydrolysis) is 1. The number of aliphatic imine (C=N–C) groups is 1. The Labute approximate surface area is 207 Å². The standard InChI is InChI=1S/C26H28N4O6/c31-23(30-25-27-11-4-12-28-25)10-8-17-7-9-22-19(13-17)14-20(36-22)15-21(24(32)33)29-26(34)35-16-18-5-2-1-3-6-18/h1-3,5-7,9,13-14,21H,4,8,10-12,15-16H2,(H,29,34)(H,32,33)(H2,27,28,30,31). The molecule has 0 bridgehead atoms. The molecule has 2 heterocycles. The summed E-state index contributed by atoms with van der Waals surface area (Å²) >= 11 is 0. The minimum atomic E-state index is -1.21. The first kappa shape index (κ1) is 24.8. The average Bonchev–Trinajstić information content (AvgIpc) is 3.29. The highest BCUT2D eigenvalue weighted by molar-refractivity contribution is 5.97. The third-order valence-electron chi connectivity index (χ3n) is 5.64. The molecule has 1 aliphatic rings. The highest BCUT2D eigenvalue weighted by Gasteiger charge is 2.23. The average molecular weight is 493 g/mol. The number of furan rings is 1. The summed E-state index contributed by atoms with van der Waals surface area (Å²) in [6, 6.07) is 15.2. The van der Waals surface area contributed by atoms with E-state index in [1.54, 1.807) is 24.3 Å². The number of ether oxygens (including phenoxy) is 1. The number of carbonyl (C=O) groups is 3. The molecule has 0 spiro atoms. The van der Waals surface area contributed by atoms with E-state index >= 15 is 0 Å². The lowest BCUT2D eigenvalue weighted by Gasteiger charge is -2.14. The Balaban J connectivity index is 1.31. The van der Waals surface area contributed by atoms with Crippen molar-refractivity contribution in [2.45, 2.75) is 38.3 Å². The smallest absolute Gasteiger partial charge is 0.408 e. The molecule has 10 heteroatoms. The molecule has 0 aliphatic carbocycles. The van der Waals surface area contributed by atoms with Crippen LogP contribution in [0.15, 0.2) is 64.0 Å². The van der Waals surface area contributed by atoms with E-state index < -0.39 is 18.1 Å². The minimum absolute atomic E-state index is 0.0368. The zero-order valence-electron chi connectivity index (χ0n) is 19.7. The summed E-state index contributed by atoms with van der Waals surface area (Å²) in [4.78, 5) is 40.3. The van der Waals surface area contributed by atoms with Crippen molar-refractivity contribution >= 4 is 34.9 Å². The van der Waals surface area contributed by atoms with Crippen LogP contribution in [0.1, 0.15) is 29.7 Å². The maximum Gasteiger partial charge on any atom is 0.408 e. The second-order valence-electron chi connectivity index (χ2n) is 8.44. The van der Waals surface area contributed by atoms with Crippen molar-refractivity contribution < 1.29 is 28.6 Å². The number of carbonyl (C=O) groups excluding carboxylic acids is 2. The second-order valence-corrected chi connectivity index (χ2v) is 8.44. The molecule has 10 nitrogen and oxygen atoms in total. The molecule has 0 fully saturated rings. The van der Waals surface area contributed by atoms with E-state index in [0.717, 1.165) is 29.5 Å².